The Balaban J connectivity index is 2.52. The third-order valence-electron chi connectivity index (χ3n) is 1.70. The topological polar surface area (TPSA) is 54.5 Å². The molecule has 1 saturated heterocycles. The molecule has 0 radical (unpaired) electrons. The summed E-state index contributed by atoms with van der Waals surface area (Å²) in [7, 11) is -2.98. The van der Waals surface area contributed by atoms with E-state index in [9.17, 15) is 13.2 Å². The van der Waals surface area contributed by atoms with Gasteiger partial charge in [-0.25, -0.2) is 12.7 Å². The molecule has 1 rings (SSSR count). The van der Waals surface area contributed by atoms with Gasteiger partial charge in [0.05, 0.1) is 5.75 Å². The van der Waals surface area contributed by atoms with Crippen LogP contribution in [0.1, 0.15) is 12.8 Å². The number of hydrogen-bond acceptors (Lipinski definition) is 3. The van der Waals surface area contributed by atoms with E-state index in [4.69, 9.17) is 0 Å². The molecule has 11 heavy (non-hydrogen) atoms. The van der Waals surface area contributed by atoms with Crippen LogP contribution in [0.4, 0.5) is 0 Å². The van der Waals surface area contributed by atoms with Crippen molar-refractivity contribution in [3.05, 3.63) is 0 Å². The second kappa shape index (κ2) is 3.32. The maximum absolute atomic E-state index is 11.1. The minimum Gasteiger partial charge on any atom is -0.303 e. The molecule has 1 heterocycles. The highest BCUT2D eigenvalue weighted by Gasteiger charge is 2.26. The minimum atomic E-state index is -2.98. The lowest BCUT2D eigenvalue weighted by atomic mass is 10.4. The monoisotopic (exact) mass is 177 g/mol. The predicted molar refractivity (Wildman–Crippen MR) is 40.7 cm³/mol. The molecule has 0 N–H and O–H groups in total. The molecular weight excluding hydrogens is 166 g/mol. The smallest absolute Gasteiger partial charge is 0.214 e. The summed E-state index contributed by atoms with van der Waals surface area (Å²) in [4.78, 5) is 9.95. The predicted octanol–water partition coefficient (Wildman–Crippen LogP) is -0.389. The van der Waals surface area contributed by atoms with E-state index in [2.05, 4.69) is 0 Å². The Morgan fingerprint density at radius 2 is 2.18 bits per heavy atom. The third-order valence-corrected chi connectivity index (χ3v) is 3.66. The maximum atomic E-state index is 11.1. The zero-order valence-electron chi connectivity index (χ0n) is 6.19. The Morgan fingerprint density at radius 3 is 2.64 bits per heavy atom. The van der Waals surface area contributed by atoms with Gasteiger partial charge in [-0.05, 0) is 6.42 Å². The molecule has 0 unspecified atom stereocenters. The Morgan fingerprint density at radius 1 is 1.45 bits per heavy atom. The zero-order valence-corrected chi connectivity index (χ0v) is 7.01. The molecule has 1 aliphatic heterocycles. The lowest BCUT2D eigenvalue weighted by Crippen LogP contribution is -2.26. The number of carbonyl (C=O) groups is 1. The average Bonchev–Trinajstić information content (AvgIpc) is 2.25. The molecule has 4 nitrogen and oxygen atoms in total. The van der Waals surface area contributed by atoms with E-state index in [1.807, 2.05) is 0 Å². The molecule has 0 aromatic carbocycles. The van der Waals surface area contributed by atoms with Crippen molar-refractivity contribution in [3.63, 3.8) is 0 Å². The summed E-state index contributed by atoms with van der Waals surface area (Å²) in [6.45, 7) is 0.933. The second-order valence-electron chi connectivity index (χ2n) is 2.52. The van der Waals surface area contributed by atoms with Crippen LogP contribution in [0.15, 0.2) is 0 Å². The van der Waals surface area contributed by atoms with Gasteiger partial charge in [-0.1, -0.05) is 0 Å². The molecule has 64 valence electrons. The minimum absolute atomic E-state index is 0.242. The van der Waals surface area contributed by atoms with Gasteiger partial charge >= 0.3 is 0 Å². The number of nitrogens with zero attached hydrogens (tertiary/aromatic N) is 1. The molecule has 1 aliphatic rings. The van der Waals surface area contributed by atoms with E-state index < -0.39 is 10.0 Å². The fraction of sp³-hybridized carbons (Fsp3) is 0.833. The lowest BCUT2D eigenvalue weighted by molar-refractivity contribution is -0.107. The average molecular weight is 177 g/mol. The molecule has 1 fully saturated rings. The Labute approximate surface area is 66.2 Å². The van der Waals surface area contributed by atoms with E-state index in [0.29, 0.717) is 25.9 Å². The maximum Gasteiger partial charge on any atom is 0.214 e. The van der Waals surface area contributed by atoms with E-state index >= 15 is 0 Å². The first-order chi connectivity index (χ1) is 5.17. The highest BCUT2D eigenvalue weighted by atomic mass is 32.2. The highest BCUT2D eigenvalue weighted by molar-refractivity contribution is 7.89. The van der Waals surface area contributed by atoms with E-state index in [0.717, 1.165) is 6.29 Å². The lowest BCUT2D eigenvalue weighted by Gasteiger charge is -2.10. The number of sulfonamides is 1. The van der Waals surface area contributed by atoms with Gasteiger partial charge in [0.1, 0.15) is 6.29 Å². The van der Waals surface area contributed by atoms with Crippen LogP contribution in [0, 0.1) is 0 Å². The summed E-state index contributed by atoms with van der Waals surface area (Å²) in [5.74, 6) is 0.242. The van der Waals surface area contributed by atoms with Crippen molar-refractivity contribution < 1.29 is 13.2 Å². The summed E-state index contributed by atoms with van der Waals surface area (Å²) in [6.07, 6.45) is 1.74. The second-order valence-corrected chi connectivity index (χ2v) is 4.61. The van der Waals surface area contributed by atoms with Gasteiger partial charge in [-0.3, -0.25) is 0 Å². The molecule has 0 atom stereocenters. The van der Waals surface area contributed by atoms with Crippen molar-refractivity contribution >= 4 is 16.3 Å². The summed E-state index contributed by atoms with van der Waals surface area (Å²) >= 11 is 0. The first kappa shape index (κ1) is 8.67. The summed E-state index contributed by atoms with van der Waals surface area (Å²) < 4.78 is 23.5. The molecule has 0 aliphatic carbocycles. The number of hydrogen-bond donors (Lipinski definition) is 0. The van der Waals surface area contributed by atoms with E-state index in [1.54, 1.807) is 0 Å². The van der Waals surface area contributed by atoms with Crippen LogP contribution >= 0.6 is 0 Å². The van der Waals surface area contributed by atoms with E-state index in [1.165, 1.54) is 4.31 Å². The Bertz CT molecular complexity index is 234. The zero-order chi connectivity index (χ0) is 8.32. The van der Waals surface area contributed by atoms with Gasteiger partial charge in [-0.2, -0.15) is 0 Å². The van der Waals surface area contributed by atoms with Crippen LogP contribution in [-0.4, -0.2) is 37.9 Å². The number of rotatable bonds is 3. The van der Waals surface area contributed by atoms with E-state index in [-0.39, 0.29) is 5.75 Å². The Kier molecular flexibility index (Phi) is 2.62. The van der Waals surface area contributed by atoms with Crippen molar-refractivity contribution in [1.82, 2.24) is 4.31 Å². The number of carbonyl (C=O) groups excluding carboxylic acids is 1. The molecule has 0 aromatic rings. The van der Waals surface area contributed by atoms with Crippen molar-refractivity contribution in [2.75, 3.05) is 18.8 Å². The summed E-state index contributed by atoms with van der Waals surface area (Å²) in [6, 6.07) is 0. The highest BCUT2D eigenvalue weighted by Crippen LogP contribution is 2.12. The molecule has 0 saturated carbocycles. The van der Waals surface area contributed by atoms with Crippen LogP contribution in [0.25, 0.3) is 0 Å². The molecular formula is C6H11NO3S. The first-order valence-electron chi connectivity index (χ1n) is 3.58. The molecule has 0 spiro atoms. The van der Waals surface area contributed by atoms with Gasteiger partial charge in [0.15, 0.2) is 0 Å². The largest absolute Gasteiger partial charge is 0.303 e. The standard InChI is InChI=1S/C6H11NO3S/c8-5-1-3-7-4-2-6-11(7,9)10/h5H,1-4,6H2. The van der Waals surface area contributed by atoms with Crippen molar-refractivity contribution in [3.8, 4) is 0 Å². The molecule has 0 bridgehead atoms. The normalized spacial score (nSPS) is 23.6. The van der Waals surface area contributed by atoms with Gasteiger partial charge in [0.2, 0.25) is 10.0 Å². The van der Waals surface area contributed by atoms with Gasteiger partial charge in [0, 0.05) is 19.5 Å². The summed E-state index contributed by atoms with van der Waals surface area (Å²) in [5, 5.41) is 0. The van der Waals surface area contributed by atoms with Crippen molar-refractivity contribution in [2.45, 2.75) is 12.8 Å². The molecule has 0 aromatic heterocycles. The fourth-order valence-corrected chi connectivity index (χ4v) is 2.68. The Hall–Kier alpha value is -0.420. The van der Waals surface area contributed by atoms with Gasteiger partial charge in [-0.15, -0.1) is 0 Å². The molecule has 5 heteroatoms. The van der Waals surface area contributed by atoms with Gasteiger partial charge in [0.25, 0.3) is 0 Å². The summed E-state index contributed by atoms with van der Waals surface area (Å²) in [5.41, 5.74) is 0. The van der Waals surface area contributed by atoms with Crippen molar-refractivity contribution in [1.29, 1.82) is 0 Å². The quantitative estimate of drug-likeness (QED) is 0.552. The van der Waals surface area contributed by atoms with Crippen LogP contribution < -0.4 is 0 Å². The van der Waals surface area contributed by atoms with Crippen LogP contribution in [0.2, 0.25) is 0 Å². The molecule has 0 amide bonds. The first-order valence-corrected chi connectivity index (χ1v) is 5.19. The van der Waals surface area contributed by atoms with Crippen LogP contribution in [0.3, 0.4) is 0 Å². The fourth-order valence-electron chi connectivity index (χ4n) is 1.14. The van der Waals surface area contributed by atoms with Crippen molar-refractivity contribution in [2.24, 2.45) is 0 Å². The van der Waals surface area contributed by atoms with Gasteiger partial charge < -0.3 is 4.79 Å². The van der Waals surface area contributed by atoms with Crippen LogP contribution in [-0.2, 0) is 14.8 Å². The van der Waals surface area contributed by atoms with Crippen LogP contribution in [0.5, 0.6) is 0 Å². The number of aldehydes is 1. The third kappa shape index (κ3) is 2.00. The SMILES string of the molecule is O=CCCN1CCCS1(=O)=O.